The lowest BCUT2D eigenvalue weighted by atomic mass is 9.76. The molecule has 34 heavy (non-hydrogen) atoms. The molecule has 0 spiro atoms. The minimum absolute atomic E-state index is 0.269. The zero-order valence-electron chi connectivity index (χ0n) is 19.7. The van der Waals surface area contributed by atoms with Gasteiger partial charge >= 0.3 is 12.2 Å². The molecule has 0 bridgehead atoms. The van der Waals surface area contributed by atoms with E-state index >= 15 is 0 Å². The third-order valence-corrected chi connectivity index (χ3v) is 5.98. The van der Waals surface area contributed by atoms with Gasteiger partial charge in [-0.25, -0.2) is 9.59 Å². The molecule has 2 aromatic carbocycles. The van der Waals surface area contributed by atoms with Crippen molar-refractivity contribution >= 4 is 12.2 Å². The van der Waals surface area contributed by atoms with Crippen LogP contribution in [0.3, 0.4) is 0 Å². The summed E-state index contributed by atoms with van der Waals surface area (Å²) in [6, 6.07) is 19.1. The van der Waals surface area contributed by atoms with E-state index in [1.54, 1.807) is 0 Å². The lowest BCUT2D eigenvalue weighted by Crippen LogP contribution is -2.57. The number of aliphatic hydroxyl groups is 2. The molecule has 0 heterocycles. The molecule has 0 aliphatic heterocycles. The van der Waals surface area contributed by atoms with Gasteiger partial charge in [-0.15, -0.1) is 0 Å². The molecule has 0 aromatic heterocycles. The van der Waals surface area contributed by atoms with Crippen molar-refractivity contribution in [1.82, 2.24) is 10.6 Å². The maximum atomic E-state index is 11.5. The highest BCUT2D eigenvalue weighted by Crippen LogP contribution is 2.32. The molecule has 2 saturated carbocycles. The van der Waals surface area contributed by atoms with Gasteiger partial charge in [-0.05, 0) is 50.7 Å². The summed E-state index contributed by atoms with van der Waals surface area (Å²) in [5.41, 5.74) is 1.29. The van der Waals surface area contributed by atoms with Crippen molar-refractivity contribution < 1.29 is 29.3 Å². The second kappa shape index (κ2) is 11.4. The first-order valence-corrected chi connectivity index (χ1v) is 11.5. The van der Waals surface area contributed by atoms with Crippen LogP contribution in [0.15, 0.2) is 60.7 Å². The van der Waals surface area contributed by atoms with Crippen molar-refractivity contribution in [2.45, 2.75) is 76.0 Å². The van der Waals surface area contributed by atoms with Gasteiger partial charge in [0.25, 0.3) is 0 Å². The molecule has 2 aliphatic carbocycles. The summed E-state index contributed by atoms with van der Waals surface area (Å²) in [6.45, 7) is 4.35. The summed E-state index contributed by atoms with van der Waals surface area (Å²) in [4.78, 5) is 23.0. The van der Waals surface area contributed by atoms with Crippen LogP contribution in [0.5, 0.6) is 0 Å². The fourth-order valence-electron chi connectivity index (χ4n) is 4.18. The van der Waals surface area contributed by atoms with Gasteiger partial charge in [0, 0.05) is 11.1 Å². The maximum Gasteiger partial charge on any atom is 0.407 e. The molecule has 0 radical (unpaired) electrons. The summed E-state index contributed by atoms with van der Waals surface area (Å²) in [5.74, 6) is 0. The number of ether oxygens (including phenoxy) is 2. The Kier molecular flexibility index (Phi) is 8.52. The predicted molar refractivity (Wildman–Crippen MR) is 127 cm³/mol. The standard InChI is InChI=1S/2C13H17NO3/c2*1-13(7-11(15)8-13)14-12(16)17-9-10-5-3-2-4-6-10/h2*2-6,11,15H,7-9H2,1H3,(H,14,16). The zero-order chi connectivity index (χ0) is 24.6. The molecular weight excluding hydrogens is 436 g/mol. The summed E-state index contributed by atoms with van der Waals surface area (Å²) in [7, 11) is 0. The average molecular weight is 471 g/mol. The number of nitrogens with one attached hydrogen (secondary N) is 2. The molecule has 2 fully saturated rings. The number of hydrogen-bond acceptors (Lipinski definition) is 6. The van der Waals surface area contributed by atoms with Crippen molar-refractivity contribution in [2.24, 2.45) is 0 Å². The van der Waals surface area contributed by atoms with Crippen LogP contribution in [-0.4, -0.2) is 45.7 Å². The van der Waals surface area contributed by atoms with Crippen LogP contribution in [0.25, 0.3) is 0 Å². The van der Waals surface area contributed by atoms with Gasteiger partial charge in [-0.3, -0.25) is 0 Å². The molecule has 8 nitrogen and oxygen atoms in total. The second-order valence-electron chi connectivity index (χ2n) is 9.62. The number of amides is 2. The summed E-state index contributed by atoms with van der Waals surface area (Å²) >= 11 is 0. The van der Waals surface area contributed by atoms with Crippen LogP contribution < -0.4 is 10.6 Å². The maximum absolute atomic E-state index is 11.5. The van der Waals surface area contributed by atoms with E-state index in [2.05, 4.69) is 10.6 Å². The van der Waals surface area contributed by atoms with E-state index in [-0.39, 0.29) is 36.5 Å². The quantitative estimate of drug-likeness (QED) is 0.512. The number of benzene rings is 2. The summed E-state index contributed by atoms with van der Waals surface area (Å²) in [6.07, 6.45) is 0.914. The van der Waals surface area contributed by atoms with E-state index in [4.69, 9.17) is 9.47 Å². The van der Waals surface area contributed by atoms with Gasteiger partial charge in [-0.2, -0.15) is 0 Å². The molecule has 4 N–H and O–H groups in total. The molecular formula is C26H34N2O6. The van der Waals surface area contributed by atoms with Crippen molar-refractivity contribution in [2.75, 3.05) is 0 Å². The van der Waals surface area contributed by atoms with Gasteiger partial charge in [0.1, 0.15) is 13.2 Å². The minimum atomic E-state index is -0.428. The Bertz CT molecular complexity index is 847. The van der Waals surface area contributed by atoms with Crippen LogP contribution in [0.1, 0.15) is 50.7 Å². The molecule has 2 amide bonds. The second-order valence-corrected chi connectivity index (χ2v) is 9.62. The third-order valence-electron chi connectivity index (χ3n) is 5.98. The van der Waals surface area contributed by atoms with Gasteiger partial charge in [0.05, 0.1) is 12.2 Å². The number of carbonyl (C=O) groups excluding carboxylic acids is 2. The Morgan fingerprint density at radius 2 is 1.06 bits per heavy atom. The van der Waals surface area contributed by atoms with Crippen molar-refractivity contribution in [3.63, 3.8) is 0 Å². The normalized spacial score (nSPS) is 27.1. The van der Waals surface area contributed by atoms with Gasteiger partial charge in [-0.1, -0.05) is 60.7 Å². The monoisotopic (exact) mass is 470 g/mol. The minimum Gasteiger partial charge on any atom is -0.445 e. The average Bonchev–Trinajstić information content (AvgIpc) is 2.76. The van der Waals surface area contributed by atoms with Crippen molar-refractivity contribution in [3.8, 4) is 0 Å². The molecule has 0 unspecified atom stereocenters. The topological polar surface area (TPSA) is 117 Å². The Labute approximate surface area is 200 Å². The van der Waals surface area contributed by atoms with Crippen LogP contribution in [-0.2, 0) is 22.7 Å². The van der Waals surface area contributed by atoms with Crippen LogP contribution >= 0.6 is 0 Å². The number of aliphatic hydroxyl groups excluding tert-OH is 2. The van der Waals surface area contributed by atoms with E-state index < -0.39 is 12.2 Å². The van der Waals surface area contributed by atoms with Crippen molar-refractivity contribution in [3.05, 3.63) is 71.8 Å². The number of hydrogen-bond donors (Lipinski definition) is 4. The van der Waals surface area contributed by atoms with E-state index in [1.807, 2.05) is 74.5 Å². The lowest BCUT2D eigenvalue weighted by molar-refractivity contribution is 0.00913. The van der Waals surface area contributed by atoms with Crippen LogP contribution in [0, 0.1) is 0 Å². The molecule has 8 heteroatoms. The molecule has 0 saturated heterocycles. The highest BCUT2D eigenvalue weighted by atomic mass is 16.6. The smallest absolute Gasteiger partial charge is 0.407 e. The van der Waals surface area contributed by atoms with E-state index in [0.717, 1.165) is 11.1 Å². The van der Waals surface area contributed by atoms with E-state index in [1.165, 1.54) is 0 Å². The van der Waals surface area contributed by atoms with E-state index in [9.17, 15) is 19.8 Å². The summed E-state index contributed by atoms with van der Waals surface area (Å²) < 4.78 is 10.2. The van der Waals surface area contributed by atoms with Gasteiger partial charge < -0.3 is 30.3 Å². The highest BCUT2D eigenvalue weighted by Gasteiger charge is 2.41. The fourth-order valence-corrected chi connectivity index (χ4v) is 4.18. The Hall–Kier alpha value is -3.10. The third kappa shape index (κ3) is 8.04. The van der Waals surface area contributed by atoms with E-state index in [0.29, 0.717) is 25.7 Å². The predicted octanol–water partition coefficient (Wildman–Crippen LogP) is 3.65. The number of rotatable bonds is 6. The van der Waals surface area contributed by atoms with Crippen LogP contribution in [0.2, 0.25) is 0 Å². The SMILES string of the molecule is CC1(NC(=O)OCc2ccccc2)CC(O)C1.CC1(NC(=O)OCc2ccccc2)CC(O)C1. The summed E-state index contributed by atoms with van der Waals surface area (Å²) in [5, 5.41) is 24.0. The first-order chi connectivity index (χ1) is 16.1. The van der Waals surface area contributed by atoms with Gasteiger partial charge in [0.15, 0.2) is 0 Å². The first kappa shape index (κ1) is 25.5. The molecule has 0 atom stereocenters. The highest BCUT2D eigenvalue weighted by molar-refractivity contribution is 5.69. The van der Waals surface area contributed by atoms with Crippen molar-refractivity contribution in [1.29, 1.82) is 0 Å². The Morgan fingerprint density at radius 3 is 1.35 bits per heavy atom. The fraction of sp³-hybridized carbons (Fsp3) is 0.462. The zero-order valence-corrected chi connectivity index (χ0v) is 19.7. The molecule has 184 valence electrons. The number of carbonyl (C=O) groups is 2. The van der Waals surface area contributed by atoms with Crippen LogP contribution in [0.4, 0.5) is 9.59 Å². The molecule has 2 aromatic rings. The Balaban J connectivity index is 0.000000191. The van der Waals surface area contributed by atoms with Gasteiger partial charge in [0.2, 0.25) is 0 Å². The molecule has 4 rings (SSSR count). The Morgan fingerprint density at radius 1 is 0.735 bits per heavy atom. The number of alkyl carbamates (subject to hydrolysis) is 2. The largest absolute Gasteiger partial charge is 0.445 e. The first-order valence-electron chi connectivity index (χ1n) is 11.5. The lowest BCUT2D eigenvalue weighted by Gasteiger charge is -2.42. The molecule has 2 aliphatic rings.